The number of ether oxygens (including phenoxy) is 4. The van der Waals surface area contributed by atoms with E-state index < -0.39 is 39.9 Å². The summed E-state index contributed by atoms with van der Waals surface area (Å²) in [5.74, 6) is -1.63. The highest BCUT2D eigenvalue weighted by Gasteiger charge is 2.67. The molecule has 0 fully saturated rings. The topological polar surface area (TPSA) is 154 Å². The fourth-order valence-electron chi connectivity index (χ4n) is 6.48. The molecule has 3 atom stereocenters. The zero-order valence-electron chi connectivity index (χ0n) is 24.2. The van der Waals surface area contributed by atoms with Gasteiger partial charge in [-0.05, 0) is 45.4 Å². The molecule has 3 aromatic rings. The molecule has 0 radical (unpaired) electrons. The van der Waals surface area contributed by atoms with Crippen molar-refractivity contribution in [3.8, 4) is 17.2 Å². The standard InChI is InChI=1S/C31H28ClNO10/c1-12(33-14(3)39-5)9-16-13(2)28(36)31(38)21-19-18(10-30(31,4)29(16)37)41-11-42-26(19)27-20(23(21)35)22(34)15-7-8-17(32)25(40-6)24(15)43-27/h7-9,18,35,38H,10-11H2,1-6H3/b12-9-,33-14?. The summed E-state index contributed by atoms with van der Waals surface area (Å²) in [5, 5.41) is 24.2. The first-order valence-corrected chi connectivity index (χ1v) is 13.8. The van der Waals surface area contributed by atoms with Gasteiger partial charge in [0.05, 0.1) is 36.1 Å². The van der Waals surface area contributed by atoms with Crippen molar-refractivity contribution in [2.24, 2.45) is 10.4 Å². The molecule has 0 spiro atoms. The molecule has 224 valence electrons. The number of carbonyl (C=O) groups excluding carboxylic acids is 2. The van der Waals surface area contributed by atoms with Crippen LogP contribution in [0.1, 0.15) is 51.3 Å². The summed E-state index contributed by atoms with van der Waals surface area (Å²) in [5.41, 5.74) is -4.96. The fourth-order valence-corrected chi connectivity index (χ4v) is 6.71. The highest BCUT2D eigenvalue weighted by Crippen LogP contribution is 2.63. The smallest absolute Gasteiger partial charge is 0.204 e. The van der Waals surface area contributed by atoms with Gasteiger partial charge in [-0.15, -0.1) is 0 Å². The third-order valence-corrected chi connectivity index (χ3v) is 9.01. The maximum absolute atomic E-state index is 14.3. The Labute approximate surface area is 249 Å². The van der Waals surface area contributed by atoms with Crippen LogP contribution in [0, 0.1) is 5.41 Å². The molecule has 2 aliphatic carbocycles. The van der Waals surface area contributed by atoms with E-state index in [-0.39, 0.29) is 73.9 Å². The van der Waals surface area contributed by atoms with Gasteiger partial charge in [0.15, 0.2) is 52.5 Å². The third kappa shape index (κ3) is 3.68. The van der Waals surface area contributed by atoms with E-state index in [0.29, 0.717) is 11.6 Å². The highest BCUT2D eigenvalue weighted by molar-refractivity contribution is 6.33. The molecule has 3 aliphatic rings. The largest absolute Gasteiger partial charge is 0.507 e. The minimum Gasteiger partial charge on any atom is -0.507 e. The van der Waals surface area contributed by atoms with Crippen molar-refractivity contribution in [2.75, 3.05) is 21.0 Å². The summed E-state index contributed by atoms with van der Waals surface area (Å²) in [4.78, 5) is 46.6. The zero-order valence-corrected chi connectivity index (χ0v) is 25.0. The van der Waals surface area contributed by atoms with Gasteiger partial charge >= 0.3 is 0 Å². The number of aromatic hydroxyl groups is 1. The number of rotatable bonds is 3. The monoisotopic (exact) mass is 609 g/mol. The number of ketones is 2. The van der Waals surface area contributed by atoms with Gasteiger partial charge in [-0.1, -0.05) is 11.6 Å². The SMILES string of the molecule is COC(C)=N/C(C)=C\C1=C(C)C(=O)C2(O)c3c4c(c5oc6c(OC)c(Cl)ccc6c(=O)c5c3O)OCOC4CC2(C)C1=O. The van der Waals surface area contributed by atoms with E-state index in [1.807, 2.05) is 0 Å². The van der Waals surface area contributed by atoms with Crippen molar-refractivity contribution in [2.45, 2.75) is 45.8 Å². The maximum atomic E-state index is 14.3. The number of phenols is 1. The number of phenolic OH excluding ortho intramolecular Hbond substituents is 1. The molecule has 0 saturated carbocycles. The molecular formula is C31H28ClNO10. The van der Waals surface area contributed by atoms with Crippen molar-refractivity contribution in [3.63, 3.8) is 0 Å². The van der Waals surface area contributed by atoms with Crippen LogP contribution in [0.5, 0.6) is 17.2 Å². The van der Waals surface area contributed by atoms with Crippen LogP contribution in [0.25, 0.3) is 21.9 Å². The summed E-state index contributed by atoms with van der Waals surface area (Å²) < 4.78 is 28.3. The zero-order chi connectivity index (χ0) is 31.2. The number of halogens is 1. The lowest BCUT2D eigenvalue weighted by Crippen LogP contribution is -2.61. The number of Topliss-reactive ketones (excluding diaryl/α,β-unsaturated/α-hetero) is 2. The fraction of sp³-hybridized carbons (Fsp3) is 0.355. The lowest BCUT2D eigenvalue weighted by molar-refractivity contribution is -0.177. The van der Waals surface area contributed by atoms with Crippen LogP contribution < -0.4 is 14.9 Å². The predicted molar refractivity (Wildman–Crippen MR) is 156 cm³/mol. The summed E-state index contributed by atoms with van der Waals surface area (Å²) >= 11 is 6.28. The van der Waals surface area contributed by atoms with Gasteiger partial charge in [-0.25, -0.2) is 4.99 Å². The molecule has 0 saturated heterocycles. The van der Waals surface area contributed by atoms with Crippen LogP contribution in [0.15, 0.2) is 49.3 Å². The van der Waals surface area contributed by atoms with Crippen molar-refractivity contribution < 1.29 is 43.2 Å². The second-order valence-electron chi connectivity index (χ2n) is 11.0. The van der Waals surface area contributed by atoms with Crippen LogP contribution >= 0.6 is 11.6 Å². The normalized spacial score (nSPS) is 25.5. The first kappa shape index (κ1) is 28.9. The van der Waals surface area contributed by atoms with Crippen molar-refractivity contribution in [3.05, 3.63) is 61.4 Å². The Morgan fingerprint density at radius 3 is 2.56 bits per heavy atom. The van der Waals surface area contributed by atoms with Gasteiger partial charge in [0.25, 0.3) is 0 Å². The second kappa shape index (κ2) is 9.66. The molecule has 1 aliphatic heterocycles. The minimum absolute atomic E-state index is 0.00310. The van der Waals surface area contributed by atoms with Gasteiger partial charge in [-0.3, -0.25) is 14.4 Å². The molecule has 0 bridgehead atoms. The molecule has 2 aromatic carbocycles. The van der Waals surface area contributed by atoms with Crippen molar-refractivity contribution >= 4 is 51.0 Å². The van der Waals surface area contributed by atoms with E-state index in [9.17, 15) is 24.6 Å². The van der Waals surface area contributed by atoms with Gasteiger partial charge in [-0.2, -0.15) is 0 Å². The molecule has 2 heterocycles. The summed E-state index contributed by atoms with van der Waals surface area (Å²) in [7, 11) is 2.83. The van der Waals surface area contributed by atoms with E-state index >= 15 is 0 Å². The summed E-state index contributed by atoms with van der Waals surface area (Å²) in [6.07, 6.45) is 0.421. The molecule has 6 rings (SSSR count). The first-order chi connectivity index (χ1) is 20.3. The van der Waals surface area contributed by atoms with E-state index in [0.717, 1.165) is 0 Å². The van der Waals surface area contributed by atoms with E-state index in [4.69, 9.17) is 35.0 Å². The molecule has 0 amide bonds. The number of methoxy groups -OCH3 is 2. The van der Waals surface area contributed by atoms with Crippen LogP contribution in [-0.2, 0) is 24.7 Å². The molecule has 43 heavy (non-hydrogen) atoms. The molecule has 12 heteroatoms. The van der Waals surface area contributed by atoms with Crippen LogP contribution in [0.4, 0.5) is 0 Å². The lowest BCUT2D eigenvalue weighted by Gasteiger charge is -2.52. The summed E-state index contributed by atoms with van der Waals surface area (Å²) in [6.45, 7) is 5.88. The number of allylic oxidation sites excluding steroid dienone is 3. The average Bonchev–Trinajstić information content (AvgIpc) is 2.97. The Morgan fingerprint density at radius 2 is 1.88 bits per heavy atom. The number of aliphatic hydroxyl groups is 1. The second-order valence-corrected chi connectivity index (χ2v) is 11.4. The average molecular weight is 610 g/mol. The molecule has 1 aromatic heterocycles. The summed E-state index contributed by atoms with van der Waals surface area (Å²) in [6, 6.07) is 2.86. The van der Waals surface area contributed by atoms with Crippen molar-refractivity contribution in [1.29, 1.82) is 0 Å². The van der Waals surface area contributed by atoms with Gasteiger partial charge in [0, 0.05) is 34.9 Å². The minimum atomic E-state index is -2.58. The molecule has 3 unspecified atom stereocenters. The first-order valence-electron chi connectivity index (χ1n) is 13.4. The Hall–Kier alpha value is -4.19. The number of hydrogen-bond donors (Lipinski definition) is 2. The highest BCUT2D eigenvalue weighted by atomic mass is 35.5. The molecular weight excluding hydrogens is 582 g/mol. The van der Waals surface area contributed by atoms with E-state index in [1.165, 1.54) is 46.3 Å². The Bertz CT molecular complexity index is 1950. The third-order valence-electron chi connectivity index (χ3n) is 8.71. The number of benzene rings is 2. The Morgan fingerprint density at radius 1 is 1.16 bits per heavy atom. The Balaban J connectivity index is 1.71. The van der Waals surface area contributed by atoms with Gasteiger partial charge in [0.1, 0.15) is 11.1 Å². The number of hydrogen-bond acceptors (Lipinski definition) is 11. The number of aliphatic imine (C=N–C) groups is 1. The Kier molecular flexibility index (Phi) is 6.50. The van der Waals surface area contributed by atoms with Crippen LogP contribution in [-0.4, -0.2) is 48.7 Å². The number of nitrogens with zero attached hydrogens (tertiary/aromatic N) is 1. The lowest BCUT2D eigenvalue weighted by atomic mass is 9.52. The molecule has 2 N–H and O–H groups in total. The molecule has 11 nitrogen and oxygen atoms in total. The van der Waals surface area contributed by atoms with Gasteiger partial charge in [0.2, 0.25) is 5.43 Å². The van der Waals surface area contributed by atoms with E-state index in [1.54, 1.807) is 13.8 Å². The van der Waals surface area contributed by atoms with Crippen LogP contribution in [0.3, 0.4) is 0 Å². The number of fused-ring (bicyclic) bond motifs is 5. The number of carbonyl (C=O) groups is 2. The van der Waals surface area contributed by atoms with E-state index in [2.05, 4.69) is 4.99 Å². The van der Waals surface area contributed by atoms with Gasteiger partial charge < -0.3 is 33.6 Å². The van der Waals surface area contributed by atoms with Crippen molar-refractivity contribution in [1.82, 2.24) is 0 Å². The van der Waals surface area contributed by atoms with Crippen LogP contribution in [0.2, 0.25) is 5.02 Å². The maximum Gasteiger partial charge on any atom is 0.204 e. The quantitative estimate of drug-likeness (QED) is 0.241. The predicted octanol–water partition coefficient (Wildman–Crippen LogP) is 4.76.